The first kappa shape index (κ1) is 12.9. The molecule has 0 aliphatic carbocycles. The standard InChI is InChI=1S/C19H22N2O/c1-2-18-8-5-11-20-12-10-19(17(18)20)16(22)14-6-3-4-7-15(14)21(19)13-9-18/h3-4,6-7,9,13,17H,2,5,8,10-12H2,1H3/t17-,18-,19+/m1/s1. The van der Waals surface area contributed by atoms with Gasteiger partial charge in [-0.2, -0.15) is 0 Å². The second-order valence-corrected chi connectivity index (χ2v) is 7.34. The van der Waals surface area contributed by atoms with Crippen molar-refractivity contribution in [2.24, 2.45) is 5.41 Å². The molecular weight excluding hydrogens is 272 g/mol. The van der Waals surface area contributed by atoms with Gasteiger partial charge in [-0.15, -0.1) is 0 Å². The Morgan fingerprint density at radius 3 is 2.95 bits per heavy atom. The van der Waals surface area contributed by atoms with Gasteiger partial charge >= 0.3 is 0 Å². The summed E-state index contributed by atoms with van der Waals surface area (Å²) in [6.07, 6.45) is 9.23. The molecule has 4 heterocycles. The number of para-hydroxylation sites is 1. The van der Waals surface area contributed by atoms with E-state index in [0.717, 1.165) is 37.2 Å². The van der Waals surface area contributed by atoms with E-state index >= 15 is 0 Å². The second-order valence-electron chi connectivity index (χ2n) is 7.34. The zero-order valence-electron chi connectivity index (χ0n) is 13.1. The predicted molar refractivity (Wildman–Crippen MR) is 87.1 cm³/mol. The van der Waals surface area contributed by atoms with E-state index in [1.54, 1.807) is 0 Å². The number of carbonyl (C=O) groups is 1. The summed E-state index contributed by atoms with van der Waals surface area (Å²) in [5.74, 6) is 0.361. The zero-order valence-corrected chi connectivity index (χ0v) is 13.1. The highest BCUT2D eigenvalue weighted by Gasteiger charge is 2.67. The number of rotatable bonds is 1. The van der Waals surface area contributed by atoms with Crippen LogP contribution in [0.15, 0.2) is 36.5 Å². The van der Waals surface area contributed by atoms with Gasteiger partial charge in [-0.3, -0.25) is 9.69 Å². The summed E-state index contributed by atoms with van der Waals surface area (Å²) in [5.41, 5.74) is 1.88. The van der Waals surface area contributed by atoms with Gasteiger partial charge in [-0.1, -0.05) is 25.1 Å². The summed E-state index contributed by atoms with van der Waals surface area (Å²) in [4.78, 5) is 18.3. The third-order valence-corrected chi connectivity index (χ3v) is 6.67. The minimum absolute atomic E-state index is 0.183. The molecule has 0 N–H and O–H groups in total. The molecule has 3 atom stereocenters. The van der Waals surface area contributed by atoms with Gasteiger partial charge in [0, 0.05) is 29.8 Å². The molecule has 22 heavy (non-hydrogen) atoms. The quantitative estimate of drug-likeness (QED) is 0.794. The van der Waals surface area contributed by atoms with Gasteiger partial charge in [0.1, 0.15) is 5.54 Å². The number of Topliss-reactive ketones (excluding diaryl/α,β-unsaturated/α-hetero) is 1. The SMILES string of the molecule is CC[C@]12C=CN3c4ccccc4C(=O)[C@]34CCN(CCC1)[C@H]24. The molecule has 0 radical (unpaired) electrons. The Balaban J connectivity index is 1.77. The maximum atomic E-state index is 13.4. The Kier molecular flexibility index (Phi) is 2.35. The van der Waals surface area contributed by atoms with Crippen molar-refractivity contribution >= 4 is 11.5 Å². The lowest BCUT2D eigenvalue weighted by molar-refractivity contribution is 0.0344. The maximum Gasteiger partial charge on any atom is 0.192 e. The van der Waals surface area contributed by atoms with Crippen molar-refractivity contribution in [1.29, 1.82) is 0 Å². The predicted octanol–water partition coefficient (Wildman–Crippen LogP) is 3.22. The van der Waals surface area contributed by atoms with Crippen molar-refractivity contribution in [2.75, 3.05) is 18.0 Å². The number of ketones is 1. The summed E-state index contributed by atoms with van der Waals surface area (Å²) < 4.78 is 0. The summed E-state index contributed by atoms with van der Waals surface area (Å²) >= 11 is 0. The number of nitrogens with zero attached hydrogens (tertiary/aromatic N) is 2. The van der Waals surface area contributed by atoms with Crippen LogP contribution in [0.25, 0.3) is 0 Å². The lowest BCUT2D eigenvalue weighted by Crippen LogP contribution is -2.66. The molecule has 4 aliphatic rings. The van der Waals surface area contributed by atoms with Crippen LogP contribution in [-0.4, -0.2) is 35.4 Å². The summed E-state index contributed by atoms with van der Waals surface area (Å²) in [5, 5.41) is 0. The molecule has 4 aliphatic heterocycles. The van der Waals surface area contributed by atoms with Crippen molar-refractivity contribution in [1.82, 2.24) is 4.90 Å². The molecule has 1 spiro atoms. The number of hydrogen-bond acceptors (Lipinski definition) is 3. The summed E-state index contributed by atoms with van der Waals surface area (Å²) in [6, 6.07) is 8.52. The molecule has 3 heteroatoms. The first-order valence-electron chi connectivity index (χ1n) is 8.59. The molecule has 114 valence electrons. The molecule has 5 rings (SSSR count). The highest BCUT2D eigenvalue weighted by Crippen LogP contribution is 2.58. The molecule has 0 bridgehead atoms. The molecule has 1 aromatic carbocycles. The highest BCUT2D eigenvalue weighted by molar-refractivity contribution is 6.15. The van der Waals surface area contributed by atoms with E-state index in [4.69, 9.17) is 0 Å². The van der Waals surface area contributed by atoms with E-state index in [1.807, 2.05) is 18.2 Å². The summed E-state index contributed by atoms with van der Waals surface area (Å²) in [6.45, 7) is 4.51. The molecule has 2 saturated heterocycles. The Bertz CT molecular complexity index is 696. The second kappa shape index (κ2) is 4.02. The van der Waals surface area contributed by atoms with Gasteiger partial charge in [0.05, 0.1) is 5.69 Å². The van der Waals surface area contributed by atoms with E-state index in [-0.39, 0.29) is 11.0 Å². The Labute approximate surface area is 131 Å². The summed E-state index contributed by atoms with van der Waals surface area (Å²) in [7, 11) is 0. The van der Waals surface area contributed by atoms with E-state index in [1.165, 1.54) is 12.8 Å². The van der Waals surface area contributed by atoms with Crippen molar-refractivity contribution in [2.45, 2.75) is 44.2 Å². The Hall–Kier alpha value is -1.61. The monoisotopic (exact) mass is 294 g/mol. The number of anilines is 1. The van der Waals surface area contributed by atoms with Crippen LogP contribution in [0, 0.1) is 5.41 Å². The van der Waals surface area contributed by atoms with Crippen LogP contribution in [-0.2, 0) is 0 Å². The molecule has 3 nitrogen and oxygen atoms in total. The van der Waals surface area contributed by atoms with Crippen LogP contribution in [0.4, 0.5) is 5.69 Å². The van der Waals surface area contributed by atoms with Crippen molar-refractivity contribution in [3.63, 3.8) is 0 Å². The topological polar surface area (TPSA) is 23.6 Å². The van der Waals surface area contributed by atoms with Crippen LogP contribution in [0.3, 0.4) is 0 Å². The number of hydrogen-bond donors (Lipinski definition) is 0. The molecular formula is C19H22N2O. The maximum absolute atomic E-state index is 13.4. The van der Waals surface area contributed by atoms with Crippen molar-refractivity contribution < 1.29 is 4.79 Å². The van der Waals surface area contributed by atoms with Gasteiger partial charge in [0.2, 0.25) is 0 Å². The van der Waals surface area contributed by atoms with E-state index in [0.29, 0.717) is 11.8 Å². The fraction of sp³-hybridized carbons (Fsp3) is 0.526. The van der Waals surface area contributed by atoms with Gasteiger partial charge in [-0.25, -0.2) is 0 Å². The number of fused-ring (bicyclic) bond motifs is 2. The van der Waals surface area contributed by atoms with Crippen LogP contribution >= 0.6 is 0 Å². The molecule has 0 amide bonds. The van der Waals surface area contributed by atoms with Gasteiger partial charge < -0.3 is 4.90 Å². The third-order valence-electron chi connectivity index (χ3n) is 6.67. The van der Waals surface area contributed by atoms with Gasteiger partial charge in [0.25, 0.3) is 0 Å². The van der Waals surface area contributed by atoms with E-state index in [9.17, 15) is 4.79 Å². The average Bonchev–Trinajstić information content (AvgIpc) is 3.08. The van der Waals surface area contributed by atoms with E-state index < -0.39 is 0 Å². The minimum Gasteiger partial charge on any atom is -0.332 e. The molecule has 2 fully saturated rings. The third kappa shape index (κ3) is 1.22. The molecule has 0 saturated carbocycles. The Morgan fingerprint density at radius 2 is 2.09 bits per heavy atom. The first-order valence-corrected chi connectivity index (χ1v) is 8.59. The van der Waals surface area contributed by atoms with Gasteiger partial charge in [-0.05, 0) is 44.4 Å². The smallest absolute Gasteiger partial charge is 0.192 e. The molecule has 0 aromatic heterocycles. The highest BCUT2D eigenvalue weighted by atomic mass is 16.1. The van der Waals surface area contributed by atoms with E-state index in [2.05, 4.69) is 35.1 Å². The van der Waals surface area contributed by atoms with Crippen LogP contribution < -0.4 is 4.90 Å². The number of piperidine rings is 1. The number of benzene rings is 1. The van der Waals surface area contributed by atoms with Crippen LogP contribution in [0.2, 0.25) is 0 Å². The normalized spacial score (nSPS) is 38.9. The first-order chi connectivity index (χ1) is 10.7. The van der Waals surface area contributed by atoms with Gasteiger partial charge in [0.15, 0.2) is 5.78 Å². The Morgan fingerprint density at radius 1 is 1.23 bits per heavy atom. The van der Waals surface area contributed by atoms with Crippen LogP contribution in [0.5, 0.6) is 0 Å². The average molecular weight is 294 g/mol. The fourth-order valence-corrected chi connectivity index (χ4v) is 5.73. The lowest BCUT2D eigenvalue weighted by atomic mass is 9.62. The zero-order chi connectivity index (χ0) is 14.9. The minimum atomic E-state index is -0.338. The fourth-order valence-electron chi connectivity index (χ4n) is 5.73. The van der Waals surface area contributed by atoms with Crippen LogP contribution in [0.1, 0.15) is 43.0 Å². The van der Waals surface area contributed by atoms with Crippen molar-refractivity contribution in [3.8, 4) is 0 Å². The molecule has 1 aromatic rings. The van der Waals surface area contributed by atoms with Crippen molar-refractivity contribution in [3.05, 3.63) is 42.1 Å². The largest absolute Gasteiger partial charge is 0.332 e. The molecule has 0 unspecified atom stereocenters. The number of carbonyl (C=O) groups excluding carboxylic acids is 1. The lowest BCUT2D eigenvalue weighted by Gasteiger charge is -2.55.